The molecule has 51 heavy (non-hydrogen) atoms. The zero-order valence-corrected chi connectivity index (χ0v) is 28.1. The molecule has 0 aliphatic rings. The number of sulfone groups is 1. The summed E-state index contributed by atoms with van der Waals surface area (Å²) in [5, 5.41) is 17.6. The fourth-order valence-corrected chi connectivity index (χ4v) is 6.68. The van der Waals surface area contributed by atoms with E-state index in [-0.39, 0.29) is 34.3 Å². The van der Waals surface area contributed by atoms with Gasteiger partial charge in [-0.05, 0) is 48.5 Å². The van der Waals surface area contributed by atoms with Crippen LogP contribution >= 0.6 is 0 Å². The number of nitrogen functional groups attached to an aromatic ring is 2. The van der Waals surface area contributed by atoms with Crippen molar-refractivity contribution in [1.29, 1.82) is 0 Å². The molecule has 0 amide bonds. The summed E-state index contributed by atoms with van der Waals surface area (Å²) in [5.74, 6) is -2.60. The Bertz CT molecular complexity index is 2520. The Kier molecular flexibility index (Phi) is 11.1. The molecular weight excluding hydrogens is 773 g/mol. The summed E-state index contributed by atoms with van der Waals surface area (Å²) in [6, 6.07) is 8.10. The van der Waals surface area contributed by atoms with E-state index in [1.54, 1.807) is 0 Å². The Balaban J connectivity index is 1.69. The number of benzene rings is 3. The Labute approximate surface area is 286 Å². The second-order valence-electron chi connectivity index (χ2n) is 9.67. The zero-order chi connectivity index (χ0) is 37.9. The van der Waals surface area contributed by atoms with Crippen molar-refractivity contribution in [2.24, 2.45) is 20.5 Å². The molecule has 0 unspecified atom stereocenters. The number of nitrogens with two attached hydrogens (primary N) is 2. The van der Waals surface area contributed by atoms with Crippen LogP contribution in [0.25, 0.3) is 0 Å². The Morgan fingerprint density at radius 2 is 1.27 bits per heavy atom. The average Bonchev–Trinajstić information content (AvgIpc) is 2.98. The molecule has 1 aromatic heterocycles. The molecule has 0 radical (unpaired) electrons. The number of nitrogens with one attached hydrogen (secondary N) is 1. The topological polar surface area (TPSA) is 346 Å². The molecule has 4 aromatic rings. The van der Waals surface area contributed by atoms with Gasteiger partial charge in [0.15, 0.2) is 9.84 Å². The summed E-state index contributed by atoms with van der Waals surface area (Å²) in [6.45, 7) is -1.02. The molecule has 272 valence electrons. The van der Waals surface area contributed by atoms with E-state index in [0.29, 0.717) is 6.07 Å². The zero-order valence-electron chi connectivity index (χ0n) is 24.9. The lowest BCUT2D eigenvalue weighted by molar-refractivity contribution is 0.284. The number of aromatic nitrogens is 2. The number of nitrogens with zero attached hydrogens (tertiary/aromatic N) is 6. The van der Waals surface area contributed by atoms with Crippen molar-refractivity contribution in [3.8, 4) is 0 Å². The fraction of sp³-hybridized carbons (Fsp3) is 0.0833. The van der Waals surface area contributed by atoms with Gasteiger partial charge in [-0.1, -0.05) is 0 Å². The van der Waals surface area contributed by atoms with Gasteiger partial charge < -0.3 is 16.8 Å². The molecule has 0 saturated carbocycles. The van der Waals surface area contributed by atoms with E-state index in [4.69, 9.17) is 16.0 Å². The number of azo groups is 2. The molecule has 0 spiro atoms. The Hall–Kier alpha value is -5.16. The molecule has 0 bridgehead atoms. The number of hydrogen-bond donors (Lipinski definition) is 6. The van der Waals surface area contributed by atoms with E-state index in [0.717, 1.165) is 48.5 Å². The van der Waals surface area contributed by atoms with Crippen LogP contribution in [0.15, 0.2) is 89.7 Å². The van der Waals surface area contributed by atoms with E-state index in [1.807, 2.05) is 0 Å². The predicted octanol–water partition coefficient (Wildman–Crippen LogP) is 3.58. The molecule has 3 aromatic carbocycles. The number of anilines is 4. The highest BCUT2D eigenvalue weighted by molar-refractivity contribution is 7.91. The van der Waals surface area contributed by atoms with E-state index >= 15 is 0 Å². The van der Waals surface area contributed by atoms with E-state index < -0.39 is 90.9 Å². The van der Waals surface area contributed by atoms with Gasteiger partial charge in [-0.15, -0.1) is 20.5 Å². The molecule has 4 rings (SSSR count). The molecule has 0 saturated heterocycles. The quantitative estimate of drug-likeness (QED) is 0.0370. The van der Waals surface area contributed by atoms with Gasteiger partial charge in [0.2, 0.25) is 5.95 Å². The van der Waals surface area contributed by atoms with Gasteiger partial charge in [-0.25, -0.2) is 12.6 Å². The first-order chi connectivity index (χ1) is 23.5. The number of hydrogen-bond acceptors (Lipinski definition) is 18. The molecular formula is C24H21F2N9O12S4. The van der Waals surface area contributed by atoms with Crippen molar-refractivity contribution in [2.45, 2.75) is 14.7 Å². The molecule has 0 aliphatic heterocycles. The minimum Gasteiger partial charge on any atom is -0.397 e. The third-order valence-corrected chi connectivity index (χ3v) is 9.96. The lowest BCUT2D eigenvalue weighted by atomic mass is 10.2. The minimum absolute atomic E-state index is 0.0199. The smallest absolute Gasteiger partial charge is 0.397 e. The predicted molar refractivity (Wildman–Crippen MR) is 171 cm³/mol. The van der Waals surface area contributed by atoms with Crippen LogP contribution in [0.2, 0.25) is 0 Å². The summed E-state index contributed by atoms with van der Waals surface area (Å²) in [7, 11) is -19.5. The fourth-order valence-electron chi connectivity index (χ4n) is 3.84. The second-order valence-corrected chi connectivity index (χ2v) is 15.7. The maximum atomic E-state index is 13.5. The van der Waals surface area contributed by atoms with Crippen molar-refractivity contribution in [1.82, 2.24) is 9.97 Å². The first-order valence-electron chi connectivity index (χ1n) is 13.1. The third-order valence-electron chi connectivity index (χ3n) is 6.04. The maximum absolute atomic E-state index is 13.5. The molecule has 21 nitrogen and oxygen atoms in total. The molecule has 0 atom stereocenters. The van der Waals surface area contributed by atoms with Crippen molar-refractivity contribution >= 4 is 86.1 Å². The molecule has 0 fully saturated rings. The maximum Gasteiger partial charge on any atom is 0.397 e. The van der Waals surface area contributed by atoms with E-state index in [9.17, 15) is 51.6 Å². The largest absolute Gasteiger partial charge is 0.397 e. The van der Waals surface area contributed by atoms with Crippen LogP contribution in [-0.4, -0.2) is 69.7 Å². The molecule has 8 N–H and O–H groups in total. The van der Waals surface area contributed by atoms with Crippen molar-refractivity contribution in [2.75, 3.05) is 29.1 Å². The van der Waals surface area contributed by atoms with Gasteiger partial charge in [0.05, 0.1) is 28.6 Å². The van der Waals surface area contributed by atoms with Crippen molar-refractivity contribution < 1.29 is 60.3 Å². The van der Waals surface area contributed by atoms with E-state index in [1.165, 1.54) is 0 Å². The Morgan fingerprint density at radius 3 is 1.84 bits per heavy atom. The van der Waals surface area contributed by atoms with Gasteiger partial charge in [0.25, 0.3) is 20.2 Å². The van der Waals surface area contributed by atoms with Gasteiger partial charge in [-0.3, -0.25) is 13.7 Å². The Morgan fingerprint density at radius 1 is 0.686 bits per heavy atom. The van der Waals surface area contributed by atoms with Crippen LogP contribution in [0, 0.1) is 12.0 Å². The monoisotopic (exact) mass is 793 g/mol. The normalized spacial score (nSPS) is 12.9. The van der Waals surface area contributed by atoms with Gasteiger partial charge >= 0.3 is 16.5 Å². The van der Waals surface area contributed by atoms with Crippen LogP contribution in [0.3, 0.4) is 0 Å². The highest BCUT2D eigenvalue weighted by atomic mass is 32.3. The molecule has 27 heteroatoms. The number of rotatable bonds is 13. The van der Waals surface area contributed by atoms with Gasteiger partial charge in [-0.2, -0.15) is 44.0 Å². The third kappa shape index (κ3) is 10.4. The highest BCUT2D eigenvalue weighted by Gasteiger charge is 2.23. The van der Waals surface area contributed by atoms with Gasteiger partial charge in [0, 0.05) is 11.8 Å². The average molecular weight is 794 g/mol. The lowest BCUT2D eigenvalue weighted by Crippen LogP contribution is -2.16. The summed E-state index contributed by atoms with van der Waals surface area (Å²) in [5.41, 5.74) is 9.93. The van der Waals surface area contributed by atoms with Crippen molar-refractivity contribution in [3.63, 3.8) is 0 Å². The molecule has 0 aliphatic carbocycles. The minimum atomic E-state index is -5.16. The first kappa shape index (κ1) is 38.6. The summed E-state index contributed by atoms with van der Waals surface area (Å²) < 4.78 is 153. The van der Waals surface area contributed by atoms with Crippen LogP contribution < -0.4 is 16.8 Å². The van der Waals surface area contributed by atoms with Crippen LogP contribution in [0.5, 0.6) is 0 Å². The number of halogens is 2. The first-order valence-corrected chi connectivity index (χ1v) is 19.0. The SMILES string of the molecule is Nc1cc(N)c(N=Nc2ccc(S(=O)(=O)CCOS(=O)(=O)O)cc2S(=O)(=O)O)cc1N=Nc1cc(Nc2cc(F)nc(F)n2)ccc1S(=O)(=O)O. The van der Waals surface area contributed by atoms with Crippen LogP contribution in [0.4, 0.5) is 54.4 Å². The lowest BCUT2D eigenvalue weighted by Gasteiger charge is -2.09. The van der Waals surface area contributed by atoms with Crippen LogP contribution in [-0.2, 0) is 44.7 Å². The molecule has 1 heterocycles. The van der Waals surface area contributed by atoms with E-state index in [2.05, 4.69) is 39.9 Å². The summed E-state index contributed by atoms with van der Waals surface area (Å²) in [6.07, 6.45) is -1.40. The highest BCUT2D eigenvalue weighted by Crippen LogP contribution is 2.38. The second kappa shape index (κ2) is 14.6. The van der Waals surface area contributed by atoms with Gasteiger partial charge in [0.1, 0.15) is 38.4 Å². The standard InChI is InChI=1S/C24H21F2N9O12S4/c25-22-11-23(31-24(26)30-22)29-12-1-4-20(49(38,39)40)19(7-12)35-34-18-10-17(14(27)9-15(18)28)33-32-16-3-2-13(8-21(16)50(41,42)43)48(36,37)6-5-47-51(44,45)46/h1-4,7-11H,5-6,27-28H2,(H,29,30,31)(H,38,39,40)(H,41,42,43)(H,44,45,46). The van der Waals surface area contributed by atoms with Crippen molar-refractivity contribution in [3.05, 3.63) is 66.6 Å². The summed E-state index contributed by atoms with van der Waals surface area (Å²) in [4.78, 5) is 3.69. The summed E-state index contributed by atoms with van der Waals surface area (Å²) >= 11 is 0. The van der Waals surface area contributed by atoms with Crippen LogP contribution in [0.1, 0.15) is 0 Å².